The molecule has 166 valence electrons. The number of hydrogen-bond donors (Lipinski definition) is 0. The van der Waals surface area contributed by atoms with Gasteiger partial charge in [-0.3, -0.25) is 4.79 Å². The van der Waals surface area contributed by atoms with E-state index in [2.05, 4.69) is 19.8 Å². The maximum atomic E-state index is 13.2. The van der Waals surface area contributed by atoms with Crippen LogP contribution in [0.4, 0.5) is 0 Å². The maximum absolute atomic E-state index is 13.2. The molecule has 0 aliphatic heterocycles. The molecule has 5 aromatic rings. The van der Waals surface area contributed by atoms with Crippen molar-refractivity contribution in [2.45, 2.75) is 40.2 Å². The lowest BCUT2D eigenvalue weighted by Crippen LogP contribution is -2.21. The third kappa shape index (κ3) is 3.86. The molecule has 3 aromatic heterocycles. The molecule has 7 nitrogen and oxygen atoms in total. The summed E-state index contributed by atoms with van der Waals surface area (Å²) < 4.78 is 9.10. The number of nitrogens with zero attached hydrogens (tertiary/aromatic N) is 5. The first-order valence-corrected chi connectivity index (χ1v) is 11.1. The van der Waals surface area contributed by atoms with Gasteiger partial charge in [-0.2, -0.15) is 14.8 Å². The average molecular weight is 440 g/mol. The van der Waals surface area contributed by atoms with Crippen LogP contribution in [0.3, 0.4) is 0 Å². The molecular formula is C26H25N5O2. The largest absolute Gasteiger partial charge is 0.348 e. The Morgan fingerprint density at radius 1 is 0.939 bits per heavy atom. The second kappa shape index (κ2) is 8.50. The van der Waals surface area contributed by atoms with Crippen molar-refractivity contribution in [3.8, 4) is 17.1 Å². The Bertz CT molecular complexity index is 1480. The van der Waals surface area contributed by atoms with Crippen LogP contribution in [0, 0.1) is 20.8 Å². The Balaban J connectivity index is 1.36. The predicted octanol–water partition coefficient (Wildman–Crippen LogP) is 4.80. The van der Waals surface area contributed by atoms with E-state index in [4.69, 9.17) is 4.52 Å². The van der Waals surface area contributed by atoms with Gasteiger partial charge in [0.25, 0.3) is 5.56 Å². The monoisotopic (exact) mass is 439 g/mol. The summed E-state index contributed by atoms with van der Waals surface area (Å²) in [5.41, 5.74) is 4.79. The van der Waals surface area contributed by atoms with E-state index >= 15 is 0 Å². The second-order valence-electron chi connectivity index (χ2n) is 8.29. The quantitative estimate of drug-likeness (QED) is 0.380. The standard InChI is InChI=1S/C26H25N5O2/c1-17-11-13-20(14-12-17)25-28-23(33-29-25)10-7-15-30-18(2)22-16-27-31(21-8-5-4-6-9-21)26(32)24(22)19(30)3/h4-6,8-9,11-14,16H,7,10,15H2,1-3H3. The molecule has 2 aromatic carbocycles. The lowest BCUT2D eigenvalue weighted by atomic mass is 10.1. The van der Waals surface area contributed by atoms with Crippen LogP contribution in [-0.2, 0) is 13.0 Å². The van der Waals surface area contributed by atoms with Crippen molar-refractivity contribution in [1.29, 1.82) is 0 Å². The maximum Gasteiger partial charge on any atom is 0.281 e. The molecule has 0 bridgehead atoms. The smallest absolute Gasteiger partial charge is 0.281 e. The van der Waals surface area contributed by atoms with Gasteiger partial charge in [0, 0.05) is 35.3 Å². The van der Waals surface area contributed by atoms with Crippen LogP contribution in [0.15, 0.2) is 70.1 Å². The van der Waals surface area contributed by atoms with Crippen LogP contribution in [0.25, 0.3) is 27.8 Å². The molecule has 0 fully saturated rings. The van der Waals surface area contributed by atoms with E-state index in [9.17, 15) is 4.79 Å². The van der Waals surface area contributed by atoms with E-state index < -0.39 is 0 Å². The van der Waals surface area contributed by atoms with Crippen molar-refractivity contribution in [1.82, 2.24) is 24.5 Å². The van der Waals surface area contributed by atoms with Gasteiger partial charge in [0.15, 0.2) is 0 Å². The van der Waals surface area contributed by atoms with Crippen LogP contribution in [0.5, 0.6) is 0 Å². The summed E-state index contributed by atoms with van der Waals surface area (Å²) in [6, 6.07) is 17.6. The number of hydrogen-bond acceptors (Lipinski definition) is 5. The van der Waals surface area contributed by atoms with Crippen molar-refractivity contribution in [2.75, 3.05) is 0 Å². The highest BCUT2D eigenvalue weighted by Crippen LogP contribution is 2.23. The van der Waals surface area contributed by atoms with E-state index in [1.807, 2.05) is 75.4 Å². The first-order valence-electron chi connectivity index (χ1n) is 11.1. The Labute approximate surface area is 191 Å². The third-order valence-corrected chi connectivity index (χ3v) is 6.09. The van der Waals surface area contributed by atoms with Gasteiger partial charge in [0.1, 0.15) is 0 Å². The molecule has 0 spiro atoms. The molecule has 0 unspecified atom stereocenters. The van der Waals surface area contributed by atoms with Gasteiger partial charge in [-0.05, 0) is 39.3 Å². The number of para-hydroxylation sites is 1. The van der Waals surface area contributed by atoms with Crippen molar-refractivity contribution in [2.24, 2.45) is 0 Å². The summed E-state index contributed by atoms with van der Waals surface area (Å²) in [5, 5.41) is 10.1. The molecule has 0 aliphatic rings. The molecule has 0 saturated carbocycles. The van der Waals surface area contributed by atoms with Gasteiger partial charge in [-0.15, -0.1) is 0 Å². The van der Waals surface area contributed by atoms with Crippen LogP contribution >= 0.6 is 0 Å². The molecular weight excluding hydrogens is 414 g/mol. The summed E-state index contributed by atoms with van der Waals surface area (Å²) in [6.45, 7) is 6.83. The van der Waals surface area contributed by atoms with Crippen LogP contribution < -0.4 is 5.56 Å². The molecule has 0 aliphatic carbocycles. The lowest BCUT2D eigenvalue weighted by molar-refractivity contribution is 0.372. The van der Waals surface area contributed by atoms with Gasteiger partial charge < -0.3 is 9.09 Å². The van der Waals surface area contributed by atoms with Gasteiger partial charge in [-0.1, -0.05) is 53.2 Å². The van der Waals surface area contributed by atoms with Gasteiger partial charge >= 0.3 is 0 Å². The topological polar surface area (TPSA) is 78.7 Å². The molecule has 33 heavy (non-hydrogen) atoms. The SMILES string of the molecule is Cc1ccc(-c2noc(CCCn3c(C)c4cnn(-c5ccccc5)c(=O)c4c3C)n2)cc1. The van der Waals surface area contributed by atoms with Crippen molar-refractivity contribution in [3.63, 3.8) is 0 Å². The second-order valence-corrected chi connectivity index (χ2v) is 8.29. The lowest BCUT2D eigenvalue weighted by Gasteiger charge is -2.07. The van der Waals surface area contributed by atoms with Crippen LogP contribution in [0.2, 0.25) is 0 Å². The Morgan fingerprint density at radius 3 is 2.45 bits per heavy atom. The van der Waals surface area contributed by atoms with Gasteiger partial charge in [0.05, 0.1) is 17.3 Å². The number of fused-ring (bicyclic) bond motifs is 1. The summed E-state index contributed by atoms with van der Waals surface area (Å²) in [5.74, 6) is 1.22. The number of aromatic nitrogens is 5. The fourth-order valence-electron chi connectivity index (χ4n) is 4.26. The normalized spacial score (nSPS) is 11.4. The molecule has 7 heteroatoms. The minimum atomic E-state index is -0.0994. The van der Waals surface area contributed by atoms with Crippen LogP contribution in [-0.4, -0.2) is 24.5 Å². The zero-order valence-corrected chi connectivity index (χ0v) is 18.9. The molecule has 0 radical (unpaired) electrons. The summed E-state index contributed by atoms with van der Waals surface area (Å²) in [6.07, 6.45) is 3.27. The summed E-state index contributed by atoms with van der Waals surface area (Å²) >= 11 is 0. The fraction of sp³-hybridized carbons (Fsp3) is 0.231. The summed E-state index contributed by atoms with van der Waals surface area (Å²) in [4.78, 5) is 17.8. The Hall–Kier alpha value is -4.00. The first-order chi connectivity index (χ1) is 16.0. The van der Waals surface area contributed by atoms with E-state index in [0.29, 0.717) is 23.5 Å². The number of benzene rings is 2. The number of aryl methyl sites for hydroxylation is 4. The van der Waals surface area contributed by atoms with Crippen molar-refractivity contribution >= 4 is 10.8 Å². The molecule has 3 heterocycles. The highest BCUT2D eigenvalue weighted by Gasteiger charge is 2.17. The van der Waals surface area contributed by atoms with Crippen LogP contribution in [0.1, 0.15) is 29.3 Å². The number of rotatable bonds is 6. The van der Waals surface area contributed by atoms with Gasteiger partial charge in [0.2, 0.25) is 11.7 Å². The highest BCUT2D eigenvalue weighted by atomic mass is 16.5. The minimum Gasteiger partial charge on any atom is -0.348 e. The molecule has 0 amide bonds. The average Bonchev–Trinajstić information content (AvgIpc) is 3.39. The Kier molecular flexibility index (Phi) is 5.38. The minimum absolute atomic E-state index is 0.0994. The molecule has 0 atom stereocenters. The highest BCUT2D eigenvalue weighted by molar-refractivity contribution is 5.87. The Morgan fingerprint density at radius 2 is 1.70 bits per heavy atom. The predicted molar refractivity (Wildman–Crippen MR) is 128 cm³/mol. The van der Waals surface area contributed by atoms with Crippen molar-refractivity contribution in [3.05, 3.63) is 94.0 Å². The zero-order chi connectivity index (χ0) is 22.9. The summed E-state index contributed by atoms with van der Waals surface area (Å²) in [7, 11) is 0. The molecule has 0 saturated heterocycles. The van der Waals surface area contributed by atoms with E-state index in [1.165, 1.54) is 10.2 Å². The van der Waals surface area contributed by atoms with Crippen molar-refractivity contribution < 1.29 is 4.52 Å². The molecule has 0 N–H and O–H groups in total. The fourth-order valence-corrected chi connectivity index (χ4v) is 4.26. The van der Waals surface area contributed by atoms with E-state index in [0.717, 1.165) is 41.0 Å². The third-order valence-electron chi connectivity index (χ3n) is 6.09. The molecule has 5 rings (SSSR count). The first kappa shape index (κ1) is 20.9. The zero-order valence-electron chi connectivity index (χ0n) is 18.9. The van der Waals surface area contributed by atoms with E-state index in [1.54, 1.807) is 6.20 Å². The van der Waals surface area contributed by atoms with Gasteiger partial charge in [-0.25, -0.2) is 0 Å². The van der Waals surface area contributed by atoms with E-state index in [-0.39, 0.29) is 5.56 Å².